The van der Waals surface area contributed by atoms with Crippen LogP contribution in [0.3, 0.4) is 0 Å². The first-order chi connectivity index (χ1) is 15.8. The normalized spacial score (nSPS) is 12.9. The number of anilines is 2. The summed E-state index contributed by atoms with van der Waals surface area (Å²) in [5.74, 6) is 1.57. The lowest BCUT2D eigenvalue weighted by Crippen LogP contribution is -2.54. The summed E-state index contributed by atoms with van der Waals surface area (Å²) >= 11 is 5.87. The number of hydrogen-bond acceptors (Lipinski definition) is 6. The van der Waals surface area contributed by atoms with Crippen molar-refractivity contribution in [3.63, 3.8) is 0 Å². The third-order valence-corrected chi connectivity index (χ3v) is 5.88. The lowest BCUT2D eigenvalue weighted by atomic mass is 9.89. The molecule has 0 aliphatic rings. The zero-order valence-corrected chi connectivity index (χ0v) is 20.3. The van der Waals surface area contributed by atoms with Gasteiger partial charge >= 0.3 is 6.09 Å². The number of carbonyl (C=O) groups excluding carboxylic acids is 1. The number of fused-ring (bicyclic) bond motifs is 1. The van der Waals surface area contributed by atoms with Gasteiger partial charge in [0.1, 0.15) is 23.3 Å². The maximum atomic E-state index is 12.2. The Morgan fingerprint density at radius 2 is 2.00 bits per heavy atom. The molecule has 1 atom stereocenters. The number of aromatic nitrogens is 2. The van der Waals surface area contributed by atoms with Crippen molar-refractivity contribution in [2.24, 2.45) is 5.92 Å². The number of nitrogens with one attached hydrogen (secondary N) is 2. The van der Waals surface area contributed by atoms with Gasteiger partial charge in [-0.05, 0) is 61.0 Å². The van der Waals surface area contributed by atoms with Crippen molar-refractivity contribution < 1.29 is 14.3 Å². The monoisotopic (exact) mass is 470 g/mol. The Hall–Kier alpha value is -3.06. The predicted molar refractivity (Wildman–Crippen MR) is 132 cm³/mol. The van der Waals surface area contributed by atoms with Gasteiger partial charge in [-0.2, -0.15) is 0 Å². The molecule has 33 heavy (non-hydrogen) atoms. The predicted octanol–water partition coefficient (Wildman–Crippen LogP) is 6.35. The average Bonchev–Trinajstić information content (AvgIpc) is 2.79. The second-order valence-corrected chi connectivity index (χ2v) is 8.90. The number of unbranched alkanes of at least 4 members (excludes halogenated alkanes) is 1. The van der Waals surface area contributed by atoms with Gasteiger partial charge in [0.25, 0.3) is 0 Å². The van der Waals surface area contributed by atoms with Crippen molar-refractivity contribution in [1.29, 1.82) is 0 Å². The summed E-state index contributed by atoms with van der Waals surface area (Å²) in [6, 6.07) is 11.3. The van der Waals surface area contributed by atoms with Crippen LogP contribution < -0.4 is 15.4 Å². The van der Waals surface area contributed by atoms with Crippen LogP contribution in [0.1, 0.15) is 40.5 Å². The van der Waals surface area contributed by atoms with Crippen molar-refractivity contribution in [2.45, 2.75) is 46.1 Å². The summed E-state index contributed by atoms with van der Waals surface area (Å²) in [5, 5.41) is 8.61. The minimum Gasteiger partial charge on any atom is -0.491 e. The standard InChI is InChI=1S/C25H31ClN4O3/c1-5-6-13-32-24(31)30-25(4,17(2)3)16-33-20-8-9-21-18(14-20)11-12-27-23(21)29-19-7-10-22(26)28-15-19/h7-12,14-15,17H,5-6,13,16H2,1-4H3,(H,27,29)(H,30,31). The van der Waals surface area contributed by atoms with Crippen LogP contribution >= 0.6 is 11.6 Å². The molecule has 0 radical (unpaired) electrons. The van der Waals surface area contributed by atoms with E-state index in [0.29, 0.717) is 29.9 Å². The number of rotatable bonds is 10. The van der Waals surface area contributed by atoms with Crippen molar-refractivity contribution in [3.05, 3.63) is 53.9 Å². The summed E-state index contributed by atoms with van der Waals surface area (Å²) < 4.78 is 11.4. The summed E-state index contributed by atoms with van der Waals surface area (Å²) in [5.41, 5.74) is 0.217. The van der Waals surface area contributed by atoms with Gasteiger partial charge in [0.05, 0.1) is 24.0 Å². The van der Waals surface area contributed by atoms with E-state index in [9.17, 15) is 4.79 Å². The molecule has 1 aromatic carbocycles. The van der Waals surface area contributed by atoms with Gasteiger partial charge in [-0.3, -0.25) is 0 Å². The van der Waals surface area contributed by atoms with Gasteiger partial charge in [-0.1, -0.05) is 38.8 Å². The quantitative estimate of drug-likeness (QED) is 0.265. The van der Waals surface area contributed by atoms with Crippen LogP contribution in [0, 0.1) is 5.92 Å². The molecule has 0 fully saturated rings. The Morgan fingerprint density at radius 3 is 2.70 bits per heavy atom. The molecule has 7 nitrogen and oxygen atoms in total. The zero-order chi connectivity index (χ0) is 23.8. The van der Waals surface area contributed by atoms with Crippen molar-refractivity contribution in [3.8, 4) is 5.75 Å². The van der Waals surface area contributed by atoms with Crippen LogP contribution in [-0.4, -0.2) is 34.8 Å². The van der Waals surface area contributed by atoms with Crippen LogP contribution in [0.5, 0.6) is 5.75 Å². The van der Waals surface area contributed by atoms with E-state index >= 15 is 0 Å². The third-order valence-electron chi connectivity index (χ3n) is 5.66. The van der Waals surface area contributed by atoms with E-state index in [-0.39, 0.29) is 5.92 Å². The number of amides is 1. The lowest BCUT2D eigenvalue weighted by Gasteiger charge is -2.34. The Kier molecular flexibility index (Phi) is 8.33. The molecule has 2 N–H and O–H groups in total. The molecule has 176 valence electrons. The Morgan fingerprint density at radius 1 is 1.18 bits per heavy atom. The zero-order valence-electron chi connectivity index (χ0n) is 19.5. The number of benzene rings is 1. The van der Waals surface area contributed by atoms with Gasteiger partial charge in [-0.15, -0.1) is 0 Å². The molecule has 0 aliphatic carbocycles. The average molecular weight is 471 g/mol. The van der Waals surface area contributed by atoms with Crippen LogP contribution in [-0.2, 0) is 4.74 Å². The summed E-state index contributed by atoms with van der Waals surface area (Å²) in [4.78, 5) is 20.8. The fraction of sp³-hybridized carbons (Fsp3) is 0.400. The van der Waals surface area contributed by atoms with Gasteiger partial charge in [0.15, 0.2) is 0 Å². The molecule has 3 aromatic rings. The number of pyridine rings is 2. The molecular formula is C25H31ClN4O3. The Labute approximate surface area is 199 Å². The largest absolute Gasteiger partial charge is 0.491 e. The van der Waals surface area contributed by atoms with Crippen molar-refractivity contribution in [2.75, 3.05) is 18.5 Å². The Balaban J connectivity index is 1.70. The van der Waals surface area contributed by atoms with E-state index in [0.717, 1.165) is 29.3 Å². The molecular weight excluding hydrogens is 440 g/mol. The van der Waals surface area contributed by atoms with E-state index in [1.807, 2.05) is 51.1 Å². The highest BCUT2D eigenvalue weighted by molar-refractivity contribution is 6.29. The number of hydrogen-bond donors (Lipinski definition) is 2. The fourth-order valence-electron chi connectivity index (χ4n) is 3.09. The molecule has 1 unspecified atom stereocenters. The van der Waals surface area contributed by atoms with Crippen LogP contribution in [0.25, 0.3) is 10.8 Å². The van der Waals surface area contributed by atoms with Crippen LogP contribution in [0.4, 0.5) is 16.3 Å². The molecule has 0 spiro atoms. The molecule has 0 aliphatic heterocycles. The Bertz CT molecular complexity index is 1070. The molecule has 2 heterocycles. The smallest absolute Gasteiger partial charge is 0.407 e. The molecule has 3 rings (SSSR count). The first-order valence-electron chi connectivity index (χ1n) is 11.2. The topological polar surface area (TPSA) is 85.4 Å². The highest BCUT2D eigenvalue weighted by atomic mass is 35.5. The number of ether oxygens (including phenoxy) is 2. The number of alkyl carbamates (subject to hydrolysis) is 1. The first-order valence-corrected chi connectivity index (χ1v) is 11.5. The highest BCUT2D eigenvalue weighted by Crippen LogP contribution is 2.28. The third kappa shape index (κ3) is 6.71. The van der Waals surface area contributed by atoms with E-state index in [1.165, 1.54) is 0 Å². The first kappa shape index (κ1) is 24.6. The summed E-state index contributed by atoms with van der Waals surface area (Å²) in [7, 11) is 0. The van der Waals surface area contributed by atoms with E-state index < -0.39 is 11.6 Å². The SMILES string of the molecule is CCCCOC(=O)NC(C)(COc1ccc2c(Nc3ccc(Cl)nc3)nccc2c1)C(C)C. The second-order valence-electron chi connectivity index (χ2n) is 8.51. The summed E-state index contributed by atoms with van der Waals surface area (Å²) in [6.45, 7) is 8.84. The van der Waals surface area contributed by atoms with Gasteiger partial charge in [-0.25, -0.2) is 14.8 Å². The maximum absolute atomic E-state index is 12.2. The lowest BCUT2D eigenvalue weighted by molar-refractivity contribution is 0.104. The molecule has 0 bridgehead atoms. The van der Waals surface area contributed by atoms with Gasteiger partial charge in [0.2, 0.25) is 0 Å². The minimum absolute atomic E-state index is 0.143. The van der Waals surface area contributed by atoms with Crippen LogP contribution in [0.15, 0.2) is 48.8 Å². The van der Waals surface area contributed by atoms with Gasteiger partial charge in [0, 0.05) is 11.6 Å². The fourth-order valence-corrected chi connectivity index (χ4v) is 3.20. The highest BCUT2D eigenvalue weighted by Gasteiger charge is 2.32. The molecule has 1 amide bonds. The maximum Gasteiger partial charge on any atom is 0.407 e. The number of nitrogens with zero attached hydrogens (tertiary/aromatic N) is 2. The van der Waals surface area contributed by atoms with Gasteiger partial charge < -0.3 is 20.1 Å². The van der Waals surface area contributed by atoms with E-state index in [1.54, 1.807) is 18.5 Å². The van der Waals surface area contributed by atoms with E-state index in [4.69, 9.17) is 21.1 Å². The number of carbonyl (C=O) groups is 1. The molecule has 0 saturated carbocycles. The second kappa shape index (κ2) is 11.2. The summed E-state index contributed by atoms with van der Waals surface area (Å²) in [6.07, 6.45) is 4.81. The van der Waals surface area contributed by atoms with E-state index in [2.05, 4.69) is 27.5 Å². The molecule has 8 heteroatoms. The van der Waals surface area contributed by atoms with Crippen molar-refractivity contribution in [1.82, 2.24) is 15.3 Å². The number of halogens is 1. The molecule has 0 saturated heterocycles. The van der Waals surface area contributed by atoms with Crippen molar-refractivity contribution >= 4 is 40.0 Å². The molecule has 2 aromatic heterocycles. The van der Waals surface area contributed by atoms with Crippen LogP contribution in [0.2, 0.25) is 5.15 Å². The minimum atomic E-state index is -0.579.